The Morgan fingerprint density at radius 1 is 1.38 bits per heavy atom. The van der Waals surface area contributed by atoms with Crippen LogP contribution < -0.4 is 5.32 Å². The lowest BCUT2D eigenvalue weighted by Gasteiger charge is -2.22. The van der Waals surface area contributed by atoms with Crippen molar-refractivity contribution in [1.29, 1.82) is 0 Å². The van der Waals surface area contributed by atoms with Gasteiger partial charge in [0.1, 0.15) is 11.6 Å². The lowest BCUT2D eigenvalue weighted by atomic mass is 9.92. The molecule has 1 fully saturated rings. The molecule has 0 aromatic carbocycles. The highest BCUT2D eigenvalue weighted by molar-refractivity contribution is 5.91. The molecule has 136 valence electrons. The van der Waals surface area contributed by atoms with E-state index in [1.165, 1.54) is 0 Å². The summed E-state index contributed by atoms with van der Waals surface area (Å²) < 4.78 is 14.7. The maximum atomic E-state index is 11.9. The molecular weight excluding hydrogens is 322 g/mol. The first-order chi connectivity index (χ1) is 11.0. The molecule has 1 aliphatic rings. The van der Waals surface area contributed by atoms with Gasteiger partial charge in [0.05, 0.1) is 6.61 Å². The molecule has 2 N–H and O–H groups in total. The van der Waals surface area contributed by atoms with E-state index in [9.17, 15) is 24.3 Å². The Balaban J connectivity index is 2.74. The number of carbonyl (C=O) groups excluding carboxylic acids is 3. The molecule has 1 amide bonds. The predicted octanol–water partition coefficient (Wildman–Crippen LogP) is 0.993. The number of aliphatic carboxylic acids is 1. The van der Waals surface area contributed by atoms with Gasteiger partial charge in [-0.3, -0.25) is 4.79 Å². The molecule has 0 radical (unpaired) electrons. The molecule has 1 heterocycles. The van der Waals surface area contributed by atoms with Crippen molar-refractivity contribution in [2.45, 2.75) is 64.2 Å². The average molecular weight is 345 g/mol. The largest absolute Gasteiger partial charge is 0.478 e. The molecule has 0 spiro atoms. The Kier molecular flexibility index (Phi) is 6.16. The molecule has 0 aromatic heterocycles. The van der Waals surface area contributed by atoms with Crippen LogP contribution in [-0.4, -0.2) is 53.0 Å². The Bertz CT molecular complexity index is 524. The Hall–Kier alpha value is -2.32. The normalized spacial score (nSPS) is 23.3. The Labute approximate surface area is 139 Å². The van der Waals surface area contributed by atoms with E-state index in [1.54, 1.807) is 27.7 Å². The number of carboxylic acids is 1. The van der Waals surface area contributed by atoms with Gasteiger partial charge in [-0.1, -0.05) is 0 Å². The van der Waals surface area contributed by atoms with Gasteiger partial charge in [-0.05, 0) is 27.7 Å². The Morgan fingerprint density at radius 2 is 2.00 bits per heavy atom. The van der Waals surface area contributed by atoms with E-state index in [0.29, 0.717) is 0 Å². The number of hydrogen-bond acceptors (Lipinski definition) is 7. The third kappa shape index (κ3) is 5.39. The van der Waals surface area contributed by atoms with Crippen LogP contribution in [0, 0.1) is 0 Å². The van der Waals surface area contributed by atoms with E-state index in [0.717, 1.165) is 0 Å². The summed E-state index contributed by atoms with van der Waals surface area (Å²) in [4.78, 5) is 46.6. The van der Waals surface area contributed by atoms with Crippen molar-refractivity contribution < 1.29 is 38.5 Å². The van der Waals surface area contributed by atoms with Gasteiger partial charge >= 0.3 is 24.0 Å². The highest BCUT2D eigenvalue weighted by atomic mass is 16.6. The Morgan fingerprint density at radius 3 is 2.50 bits per heavy atom. The topological polar surface area (TPSA) is 128 Å². The number of nitrogens with one attached hydrogen (secondary N) is 1. The van der Waals surface area contributed by atoms with Gasteiger partial charge in [-0.15, -0.1) is 0 Å². The minimum absolute atomic E-state index is 0.168. The summed E-state index contributed by atoms with van der Waals surface area (Å²) in [6.07, 6.45) is -1.60. The fraction of sp³-hybridized carbons (Fsp3) is 0.733. The van der Waals surface area contributed by atoms with Crippen molar-refractivity contribution in [3.63, 3.8) is 0 Å². The maximum Gasteiger partial charge on any atom is 0.408 e. The predicted molar refractivity (Wildman–Crippen MR) is 80.1 cm³/mol. The van der Waals surface area contributed by atoms with Crippen LogP contribution in [0.2, 0.25) is 0 Å². The van der Waals surface area contributed by atoms with Crippen molar-refractivity contribution in [2.75, 3.05) is 6.61 Å². The molecule has 9 heteroatoms. The van der Waals surface area contributed by atoms with Crippen LogP contribution in [-0.2, 0) is 28.6 Å². The van der Waals surface area contributed by atoms with Crippen molar-refractivity contribution in [1.82, 2.24) is 5.32 Å². The number of hydrogen-bond donors (Lipinski definition) is 2. The first-order valence-electron chi connectivity index (χ1n) is 7.60. The zero-order valence-corrected chi connectivity index (χ0v) is 14.2. The molecule has 2 atom stereocenters. The van der Waals surface area contributed by atoms with Crippen LogP contribution in [0.1, 0.15) is 47.0 Å². The lowest BCUT2D eigenvalue weighted by molar-refractivity contribution is -0.171. The van der Waals surface area contributed by atoms with Crippen LogP contribution in [0.25, 0.3) is 0 Å². The van der Waals surface area contributed by atoms with Crippen LogP contribution in [0.3, 0.4) is 0 Å². The lowest BCUT2D eigenvalue weighted by Crippen LogP contribution is -2.43. The van der Waals surface area contributed by atoms with E-state index >= 15 is 0 Å². The highest BCUT2D eigenvalue weighted by Crippen LogP contribution is 2.32. The summed E-state index contributed by atoms with van der Waals surface area (Å²) in [5, 5.41) is 11.7. The fourth-order valence-corrected chi connectivity index (χ4v) is 2.21. The van der Waals surface area contributed by atoms with Gasteiger partial charge in [-0.25, -0.2) is 14.4 Å². The number of ether oxygens (including phenoxy) is 3. The minimum atomic E-state index is -1.87. The van der Waals surface area contributed by atoms with Crippen LogP contribution in [0.15, 0.2) is 0 Å². The molecule has 24 heavy (non-hydrogen) atoms. The number of amides is 1. The maximum absolute atomic E-state index is 11.9. The molecule has 1 saturated heterocycles. The van der Waals surface area contributed by atoms with Crippen molar-refractivity contribution in [2.24, 2.45) is 0 Å². The van der Waals surface area contributed by atoms with Crippen LogP contribution in [0.4, 0.5) is 4.79 Å². The second kappa shape index (κ2) is 7.50. The smallest absolute Gasteiger partial charge is 0.408 e. The van der Waals surface area contributed by atoms with Gasteiger partial charge in [0, 0.05) is 19.3 Å². The van der Waals surface area contributed by atoms with Crippen molar-refractivity contribution >= 4 is 24.0 Å². The monoisotopic (exact) mass is 345 g/mol. The summed E-state index contributed by atoms with van der Waals surface area (Å²) in [6.45, 7) is 6.75. The average Bonchev–Trinajstić information content (AvgIpc) is 2.72. The van der Waals surface area contributed by atoms with Gasteiger partial charge in [-0.2, -0.15) is 0 Å². The highest BCUT2D eigenvalue weighted by Gasteiger charge is 2.53. The second-order valence-electron chi connectivity index (χ2n) is 6.43. The van der Waals surface area contributed by atoms with Crippen LogP contribution >= 0.6 is 0 Å². The third-order valence-electron chi connectivity index (χ3n) is 3.23. The summed E-state index contributed by atoms with van der Waals surface area (Å²) in [6, 6.07) is -1.15. The number of alkyl carbamates (subject to hydrolysis) is 1. The summed E-state index contributed by atoms with van der Waals surface area (Å²) in [5.41, 5.74) is -2.64. The summed E-state index contributed by atoms with van der Waals surface area (Å²) >= 11 is 0. The summed E-state index contributed by atoms with van der Waals surface area (Å²) in [5.74, 6) is -2.85. The van der Waals surface area contributed by atoms with Gasteiger partial charge in [0.25, 0.3) is 0 Å². The zero-order chi connectivity index (χ0) is 18.5. The molecule has 0 saturated carbocycles. The van der Waals surface area contributed by atoms with E-state index in [1.807, 2.05) is 0 Å². The molecular formula is C15H23NO8. The quantitative estimate of drug-likeness (QED) is 0.539. The van der Waals surface area contributed by atoms with Crippen molar-refractivity contribution in [3.8, 4) is 0 Å². The molecule has 1 rings (SSSR count). The molecule has 1 aliphatic heterocycles. The fourth-order valence-electron chi connectivity index (χ4n) is 2.21. The molecule has 0 aromatic rings. The summed E-state index contributed by atoms with van der Waals surface area (Å²) in [7, 11) is 0. The number of cyclic esters (lactones) is 1. The number of rotatable bonds is 6. The number of esters is 2. The molecule has 0 bridgehead atoms. The molecule has 9 nitrogen and oxygen atoms in total. The number of carboxylic acid groups (broad SMARTS) is 1. The van der Waals surface area contributed by atoms with E-state index in [2.05, 4.69) is 5.32 Å². The first-order valence-corrected chi connectivity index (χ1v) is 7.60. The van der Waals surface area contributed by atoms with Gasteiger partial charge in [0.15, 0.2) is 0 Å². The number of carbonyl (C=O) groups is 4. The second-order valence-corrected chi connectivity index (χ2v) is 6.43. The zero-order valence-electron chi connectivity index (χ0n) is 14.2. The standard InChI is InChI=1S/C15H23NO8/c1-5-22-10(17)6-7-15(12(19)20)8-9(11(18)23-15)16-13(21)24-14(2,3)4/h9H,5-8H2,1-4H3,(H,16,21)(H,19,20)/t9-,15-/m0/s1. The molecule has 0 aliphatic carbocycles. The van der Waals surface area contributed by atoms with Crippen molar-refractivity contribution in [3.05, 3.63) is 0 Å². The van der Waals surface area contributed by atoms with E-state index < -0.39 is 41.2 Å². The minimum Gasteiger partial charge on any atom is -0.478 e. The van der Waals surface area contributed by atoms with E-state index in [-0.39, 0.29) is 25.9 Å². The van der Waals surface area contributed by atoms with Crippen LogP contribution in [0.5, 0.6) is 0 Å². The first kappa shape index (κ1) is 19.7. The van der Waals surface area contributed by atoms with Gasteiger partial charge in [0.2, 0.25) is 5.60 Å². The third-order valence-corrected chi connectivity index (χ3v) is 3.23. The van der Waals surface area contributed by atoms with E-state index in [4.69, 9.17) is 14.2 Å². The van der Waals surface area contributed by atoms with Gasteiger partial charge < -0.3 is 24.6 Å². The molecule has 0 unspecified atom stereocenters. The SMILES string of the molecule is CCOC(=O)CC[C@@]1(C(=O)O)C[C@H](NC(=O)OC(C)(C)C)C(=O)O1.